The normalized spacial score (nSPS) is 11.0. The van der Waals surface area contributed by atoms with Gasteiger partial charge in [0.2, 0.25) is 0 Å². The van der Waals surface area contributed by atoms with Crippen LogP contribution in [0.2, 0.25) is 0 Å². The fourth-order valence-corrected chi connectivity index (χ4v) is 2.30. The number of benzene rings is 2. The molecule has 21 heavy (non-hydrogen) atoms. The van der Waals surface area contributed by atoms with Crippen molar-refractivity contribution in [1.29, 1.82) is 0 Å². The van der Waals surface area contributed by atoms with Crippen LogP contribution in [0.3, 0.4) is 0 Å². The summed E-state index contributed by atoms with van der Waals surface area (Å²) in [4.78, 5) is 0. The number of hydrogen-bond donors (Lipinski definition) is 1. The summed E-state index contributed by atoms with van der Waals surface area (Å²) >= 11 is 0. The molecule has 2 aromatic carbocycles. The molecule has 0 radical (unpaired) electrons. The third-order valence-corrected chi connectivity index (χ3v) is 3.73. The zero-order chi connectivity index (χ0) is 15.4. The van der Waals surface area contributed by atoms with Crippen LogP contribution in [0.4, 0.5) is 5.69 Å². The van der Waals surface area contributed by atoms with Crippen molar-refractivity contribution >= 4 is 11.4 Å². The highest BCUT2D eigenvalue weighted by atomic mass is 14.9. The van der Waals surface area contributed by atoms with Gasteiger partial charge in [0.1, 0.15) is 0 Å². The van der Waals surface area contributed by atoms with Crippen molar-refractivity contribution in [2.24, 2.45) is 0 Å². The van der Waals surface area contributed by atoms with Crippen molar-refractivity contribution in [2.45, 2.75) is 39.5 Å². The number of anilines is 1. The summed E-state index contributed by atoms with van der Waals surface area (Å²) in [5.41, 5.74) is 5.91. The third-order valence-electron chi connectivity index (χ3n) is 3.73. The average molecular weight is 279 g/mol. The molecule has 110 valence electrons. The Morgan fingerprint density at radius 1 is 0.857 bits per heavy atom. The van der Waals surface area contributed by atoms with E-state index in [0.717, 1.165) is 16.9 Å². The molecule has 0 heterocycles. The summed E-state index contributed by atoms with van der Waals surface area (Å²) in [5.74, 6) is 1.04. The first-order valence-electron chi connectivity index (χ1n) is 7.63. The van der Waals surface area contributed by atoms with Crippen LogP contribution in [0.5, 0.6) is 0 Å². The van der Waals surface area contributed by atoms with Crippen LogP contribution in [0.1, 0.15) is 56.2 Å². The second-order valence-corrected chi connectivity index (χ2v) is 6.17. The molecule has 0 aliphatic rings. The molecule has 1 heteroatoms. The van der Waals surface area contributed by atoms with Crippen molar-refractivity contribution < 1.29 is 0 Å². The van der Waals surface area contributed by atoms with E-state index >= 15 is 0 Å². The van der Waals surface area contributed by atoms with Crippen LogP contribution < -0.4 is 5.32 Å². The Kier molecular flexibility index (Phi) is 4.85. The van der Waals surface area contributed by atoms with Gasteiger partial charge in [-0.25, -0.2) is 0 Å². The van der Waals surface area contributed by atoms with E-state index in [1.807, 2.05) is 18.2 Å². The summed E-state index contributed by atoms with van der Waals surface area (Å²) in [6.07, 6.45) is 0. The molecular formula is C20H25N. The summed E-state index contributed by atoms with van der Waals surface area (Å²) < 4.78 is 0. The molecule has 0 bridgehead atoms. The van der Waals surface area contributed by atoms with Crippen molar-refractivity contribution in [3.05, 3.63) is 71.8 Å². The number of rotatable bonds is 5. The molecule has 1 nitrogen and oxygen atoms in total. The van der Waals surface area contributed by atoms with Crippen LogP contribution >= 0.6 is 0 Å². The monoisotopic (exact) mass is 279 g/mol. The van der Waals surface area contributed by atoms with E-state index in [4.69, 9.17) is 0 Å². The predicted molar refractivity (Wildman–Crippen MR) is 93.7 cm³/mol. The molecule has 0 atom stereocenters. The van der Waals surface area contributed by atoms with E-state index in [2.05, 4.69) is 69.9 Å². The second-order valence-electron chi connectivity index (χ2n) is 6.17. The standard InChI is InChI=1S/C20H25N/c1-14(2)18-11-19(15(3)4)13-20(12-18)21-16(5)17-9-7-6-8-10-17/h6-15,21H,5H2,1-4H3. The minimum absolute atomic E-state index is 0.522. The van der Waals surface area contributed by atoms with Gasteiger partial charge in [0, 0.05) is 11.4 Å². The lowest BCUT2D eigenvalue weighted by Crippen LogP contribution is -2.01. The Morgan fingerprint density at radius 3 is 1.86 bits per heavy atom. The minimum Gasteiger partial charge on any atom is -0.356 e. The molecule has 0 aliphatic carbocycles. The summed E-state index contributed by atoms with van der Waals surface area (Å²) in [5, 5.41) is 3.45. The summed E-state index contributed by atoms with van der Waals surface area (Å²) in [6, 6.07) is 17.0. The Labute approximate surface area is 128 Å². The maximum Gasteiger partial charge on any atom is 0.0389 e. The smallest absolute Gasteiger partial charge is 0.0389 e. The molecule has 1 N–H and O–H groups in total. The Balaban J connectivity index is 2.29. The molecule has 0 saturated carbocycles. The lowest BCUT2D eigenvalue weighted by Gasteiger charge is -2.16. The van der Waals surface area contributed by atoms with Gasteiger partial charge < -0.3 is 5.32 Å². The van der Waals surface area contributed by atoms with E-state index in [1.165, 1.54) is 11.1 Å². The topological polar surface area (TPSA) is 12.0 Å². The lowest BCUT2D eigenvalue weighted by atomic mass is 9.95. The molecule has 2 rings (SSSR count). The average Bonchev–Trinajstić information content (AvgIpc) is 2.47. The first-order valence-corrected chi connectivity index (χ1v) is 7.63. The van der Waals surface area contributed by atoms with Gasteiger partial charge in [-0.05, 0) is 40.7 Å². The highest BCUT2D eigenvalue weighted by Gasteiger charge is 2.08. The van der Waals surface area contributed by atoms with Crippen LogP contribution in [0.15, 0.2) is 55.1 Å². The van der Waals surface area contributed by atoms with Gasteiger partial charge in [0.05, 0.1) is 0 Å². The Hall–Kier alpha value is -2.02. The second kappa shape index (κ2) is 6.62. The molecule has 0 fully saturated rings. The molecular weight excluding hydrogens is 254 g/mol. The maximum absolute atomic E-state index is 4.16. The fourth-order valence-electron chi connectivity index (χ4n) is 2.30. The first kappa shape index (κ1) is 15.4. The van der Waals surface area contributed by atoms with Crippen molar-refractivity contribution in [3.8, 4) is 0 Å². The van der Waals surface area contributed by atoms with Crippen LogP contribution in [-0.4, -0.2) is 0 Å². The van der Waals surface area contributed by atoms with Gasteiger partial charge in [0.25, 0.3) is 0 Å². The molecule has 0 aromatic heterocycles. The maximum atomic E-state index is 4.16. The van der Waals surface area contributed by atoms with E-state index in [0.29, 0.717) is 11.8 Å². The summed E-state index contributed by atoms with van der Waals surface area (Å²) in [6.45, 7) is 13.1. The molecule has 0 aliphatic heterocycles. The zero-order valence-electron chi connectivity index (χ0n) is 13.5. The van der Waals surface area contributed by atoms with Crippen LogP contribution in [0, 0.1) is 0 Å². The molecule has 0 spiro atoms. The third kappa shape index (κ3) is 3.98. The van der Waals surface area contributed by atoms with Crippen LogP contribution in [0.25, 0.3) is 5.70 Å². The number of hydrogen-bond acceptors (Lipinski definition) is 1. The van der Waals surface area contributed by atoms with E-state index in [9.17, 15) is 0 Å². The van der Waals surface area contributed by atoms with E-state index in [-0.39, 0.29) is 0 Å². The largest absolute Gasteiger partial charge is 0.356 e. The van der Waals surface area contributed by atoms with E-state index < -0.39 is 0 Å². The van der Waals surface area contributed by atoms with Gasteiger partial charge in [0.15, 0.2) is 0 Å². The van der Waals surface area contributed by atoms with Crippen molar-refractivity contribution in [3.63, 3.8) is 0 Å². The quantitative estimate of drug-likeness (QED) is 0.706. The zero-order valence-corrected chi connectivity index (χ0v) is 13.5. The highest BCUT2D eigenvalue weighted by Crippen LogP contribution is 2.27. The van der Waals surface area contributed by atoms with Crippen molar-refractivity contribution in [2.75, 3.05) is 5.32 Å². The van der Waals surface area contributed by atoms with Gasteiger partial charge in [-0.15, -0.1) is 0 Å². The van der Waals surface area contributed by atoms with Gasteiger partial charge >= 0.3 is 0 Å². The summed E-state index contributed by atoms with van der Waals surface area (Å²) in [7, 11) is 0. The van der Waals surface area contributed by atoms with Gasteiger partial charge in [-0.1, -0.05) is 70.7 Å². The number of nitrogens with one attached hydrogen (secondary N) is 1. The predicted octanol–water partition coefficient (Wildman–Crippen LogP) is 6.02. The Bertz CT molecular complexity index is 583. The minimum atomic E-state index is 0.522. The first-order chi connectivity index (χ1) is 9.97. The highest BCUT2D eigenvalue weighted by molar-refractivity contribution is 5.75. The molecule has 2 aromatic rings. The van der Waals surface area contributed by atoms with E-state index in [1.54, 1.807) is 0 Å². The lowest BCUT2D eigenvalue weighted by molar-refractivity contribution is 0.834. The van der Waals surface area contributed by atoms with Crippen LogP contribution in [-0.2, 0) is 0 Å². The molecule has 0 amide bonds. The molecule has 0 saturated heterocycles. The van der Waals surface area contributed by atoms with Gasteiger partial charge in [-0.2, -0.15) is 0 Å². The fraction of sp³-hybridized carbons (Fsp3) is 0.300. The Morgan fingerprint density at radius 2 is 1.38 bits per heavy atom. The molecule has 0 unspecified atom stereocenters. The SMILES string of the molecule is C=C(Nc1cc(C(C)C)cc(C(C)C)c1)c1ccccc1. The van der Waals surface area contributed by atoms with Gasteiger partial charge in [-0.3, -0.25) is 0 Å². The van der Waals surface area contributed by atoms with Crippen molar-refractivity contribution in [1.82, 2.24) is 0 Å².